The zero-order valence-corrected chi connectivity index (χ0v) is 16.6. The monoisotopic (exact) mass is 366 g/mol. The summed E-state index contributed by atoms with van der Waals surface area (Å²) in [6, 6.07) is 6.53. The van der Waals surface area contributed by atoms with E-state index in [1.165, 1.54) is 35.7 Å². The fraction of sp³-hybridized carbons (Fsp3) is 0.632. The molecule has 1 amide bonds. The Morgan fingerprint density at radius 1 is 1.12 bits per heavy atom. The van der Waals surface area contributed by atoms with Crippen molar-refractivity contribution in [2.75, 3.05) is 13.6 Å². The Bertz CT molecular complexity index is 677. The second-order valence-electron chi connectivity index (χ2n) is 7.02. The highest BCUT2D eigenvalue weighted by Gasteiger charge is 2.26. The Morgan fingerprint density at radius 3 is 2.16 bits per heavy atom. The Morgan fingerprint density at radius 2 is 1.68 bits per heavy atom. The molecule has 1 aliphatic rings. The summed E-state index contributed by atoms with van der Waals surface area (Å²) < 4.78 is 26.4. The van der Waals surface area contributed by atoms with Crippen molar-refractivity contribution in [2.24, 2.45) is 0 Å². The van der Waals surface area contributed by atoms with E-state index in [1.54, 1.807) is 19.2 Å². The molecule has 6 heteroatoms. The Balaban J connectivity index is 2.19. The van der Waals surface area contributed by atoms with Gasteiger partial charge in [0.1, 0.15) is 0 Å². The van der Waals surface area contributed by atoms with Crippen LogP contribution in [0.5, 0.6) is 0 Å². The van der Waals surface area contributed by atoms with Crippen LogP contribution < -0.4 is 0 Å². The average molecular weight is 367 g/mol. The van der Waals surface area contributed by atoms with Gasteiger partial charge in [-0.05, 0) is 57.9 Å². The van der Waals surface area contributed by atoms with Gasteiger partial charge in [-0.3, -0.25) is 4.79 Å². The maximum Gasteiger partial charge on any atom is 0.254 e. The Labute approximate surface area is 152 Å². The number of rotatable bonds is 6. The second kappa shape index (κ2) is 8.32. The van der Waals surface area contributed by atoms with Crippen LogP contribution in [-0.2, 0) is 10.0 Å². The number of hydrogen-bond donors (Lipinski definition) is 0. The second-order valence-corrected chi connectivity index (χ2v) is 9.02. The van der Waals surface area contributed by atoms with Gasteiger partial charge in [-0.2, -0.15) is 4.31 Å². The van der Waals surface area contributed by atoms with Gasteiger partial charge in [-0.25, -0.2) is 8.42 Å². The van der Waals surface area contributed by atoms with Crippen LogP contribution in [0.3, 0.4) is 0 Å². The minimum absolute atomic E-state index is 0.00411. The van der Waals surface area contributed by atoms with Gasteiger partial charge in [-0.1, -0.05) is 19.3 Å². The molecule has 1 aromatic rings. The Hall–Kier alpha value is -1.40. The van der Waals surface area contributed by atoms with Crippen LogP contribution in [0.15, 0.2) is 29.2 Å². The number of benzene rings is 1. The fourth-order valence-corrected chi connectivity index (χ4v) is 4.71. The standard InChI is InChI=1S/C19H30N2O3S/c1-5-21(17-9-7-6-8-10-17)19(22)16-11-13-18(14-12-16)25(23,24)20(4)15(2)3/h11-15,17H,5-10H2,1-4H3. The van der Waals surface area contributed by atoms with E-state index in [0.717, 1.165) is 12.8 Å². The van der Waals surface area contributed by atoms with Gasteiger partial charge in [0, 0.05) is 31.2 Å². The summed E-state index contributed by atoms with van der Waals surface area (Å²) in [6.45, 7) is 6.35. The quantitative estimate of drug-likeness (QED) is 0.774. The first kappa shape index (κ1) is 19.9. The molecule has 2 rings (SSSR count). The van der Waals surface area contributed by atoms with E-state index >= 15 is 0 Å². The first-order chi connectivity index (χ1) is 11.8. The maximum atomic E-state index is 12.8. The highest BCUT2D eigenvalue weighted by Crippen LogP contribution is 2.24. The number of sulfonamides is 1. The molecule has 0 saturated heterocycles. The first-order valence-electron chi connectivity index (χ1n) is 9.18. The molecular formula is C19H30N2O3S. The minimum atomic E-state index is -3.52. The van der Waals surface area contributed by atoms with Crippen LogP contribution in [0.1, 0.15) is 63.2 Å². The van der Waals surface area contributed by atoms with E-state index in [2.05, 4.69) is 0 Å². The third-order valence-electron chi connectivity index (χ3n) is 5.12. The molecule has 0 spiro atoms. The molecule has 1 fully saturated rings. The normalized spacial score (nSPS) is 16.4. The molecule has 140 valence electrons. The molecule has 0 bridgehead atoms. The third-order valence-corrected chi connectivity index (χ3v) is 7.17. The van der Waals surface area contributed by atoms with Crippen molar-refractivity contribution >= 4 is 15.9 Å². The minimum Gasteiger partial charge on any atom is -0.336 e. The molecule has 0 unspecified atom stereocenters. The summed E-state index contributed by atoms with van der Waals surface area (Å²) >= 11 is 0. The van der Waals surface area contributed by atoms with Gasteiger partial charge in [0.15, 0.2) is 0 Å². The van der Waals surface area contributed by atoms with Crippen molar-refractivity contribution in [3.05, 3.63) is 29.8 Å². The van der Waals surface area contributed by atoms with E-state index in [0.29, 0.717) is 18.2 Å². The number of nitrogens with zero attached hydrogens (tertiary/aromatic N) is 2. The van der Waals surface area contributed by atoms with Crippen molar-refractivity contribution in [3.8, 4) is 0 Å². The molecule has 1 aliphatic carbocycles. The fourth-order valence-electron chi connectivity index (χ4n) is 3.34. The summed E-state index contributed by atoms with van der Waals surface area (Å²) in [6.07, 6.45) is 5.72. The van der Waals surface area contributed by atoms with Gasteiger partial charge >= 0.3 is 0 Å². The number of carbonyl (C=O) groups is 1. The topological polar surface area (TPSA) is 57.7 Å². The van der Waals surface area contributed by atoms with Gasteiger partial charge in [-0.15, -0.1) is 0 Å². The summed E-state index contributed by atoms with van der Waals surface area (Å²) in [5.74, 6) is -0.00411. The van der Waals surface area contributed by atoms with Crippen LogP contribution in [0, 0.1) is 0 Å². The molecule has 0 aromatic heterocycles. The molecule has 0 N–H and O–H groups in total. The van der Waals surface area contributed by atoms with Crippen molar-refractivity contribution in [1.82, 2.24) is 9.21 Å². The van der Waals surface area contributed by atoms with E-state index in [4.69, 9.17) is 0 Å². The summed E-state index contributed by atoms with van der Waals surface area (Å²) in [4.78, 5) is 15.0. The van der Waals surface area contributed by atoms with Crippen LogP contribution in [-0.4, -0.2) is 49.2 Å². The molecule has 0 atom stereocenters. The van der Waals surface area contributed by atoms with Gasteiger partial charge < -0.3 is 4.90 Å². The number of amides is 1. The van der Waals surface area contributed by atoms with Crippen LogP contribution in [0.4, 0.5) is 0 Å². The summed E-state index contributed by atoms with van der Waals surface area (Å²) in [5.41, 5.74) is 0.554. The lowest BCUT2D eigenvalue weighted by molar-refractivity contribution is 0.0648. The number of hydrogen-bond acceptors (Lipinski definition) is 3. The lowest BCUT2D eigenvalue weighted by Crippen LogP contribution is -2.41. The zero-order chi connectivity index (χ0) is 18.6. The molecular weight excluding hydrogens is 336 g/mol. The summed E-state index contributed by atoms with van der Waals surface area (Å²) in [5, 5.41) is 0. The Kier molecular flexibility index (Phi) is 6.63. The first-order valence-corrected chi connectivity index (χ1v) is 10.6. The van der Waals surface area contributed by atoms with Gasteiger partial charge in [0.25, 0.3) is 5.91 Å². The molecule has 0 heterocycles. The maximum absolute atomic E-state index is 12.8. The highest BCUT2D eigenvalue weighted by molar-refractivity contribution is 7.89. The van der Waals surface area contributed by atoms with Gasteiger partial charge in [0.05, 0.1) is 4.90 Å². The molecule has 25 heavy (non-hydrogen) atoms. The lowest BCUT2D eigenvalue weighted by Gasteiger charge is -2.33. The molecule has 1 saturated carbocycles. The lowest BCUT2D eigenvalue weighted by atomic mass is 9.93. The average Bonchev–Trinajstić information content (AvgIpc) is 2.62. The number of carbonyl (C=O) groups excluding carboxylic acids is 1. The van der Waals surface area contributed by atoms with E-state index < -0.39 is 10.0 Å². The molecule has 1 aromatic carbocycles. The van der Waals surface area contributed by atoms with Gasteiger partial charge in [0.2, 0.25) is 10.0 Å². The predicted molar refractivity (Wildman–Crippen MR) is 100 cm³/mol. The highest BCUT2D eigenvalue weighted by atomic mass is 32.2. The molecule has 0 aliphatic heterocycles. The van der Waals surface area contributed by atoms with E-state index in [1.807, 2.05) is 25.7 Å². The predicted octanol–water partition coefficient (Wildman–Crippen LogP) is 3.51. The SMILES string of the molecule is CCN(C(=O)c1ccc(S(=O)(=O)N(C)C(C)C)cc1)C1CCCCC1. The van der Waals surface area contributed by atoms with Crippen molar-refractivity contribution in [2.45, 2.75) is 69.9 Å². The zero-order valence-electron chi connectivity index (χ0n) is 15.7. The van der Waals surface area contributed by atoms with Crippen LogP contribution >= 0.6 is 0 Å². The van der Waals surface area contributed by atoms with E-state index in [9.17, 15) is 13.2 Å². The van der Waals surface area contributed by atoms with Crippen LogP contribution in [0.25, 0.3) is 0 Å². The van der Waals surface area contributed by atoms with E-state index in [-0.39, 0.29) is 16.8 Å². The molecule has 5 nitrogen and oxygen atoms in total. The largest absolute Gasteiger partial charge is 0.336 e. The van der Waals surface area contributed by atoms with Crippen molar-refractivity contribution < 1.29 is 13.2 Å². The van der Waals surface area contributed by atoms with Crippen molar-refractivity contribution in [1.29, 1.82) is 0 Å². The van der Waals surface area contributed by atoms with Crippen LogP contribution in [0.2, 0.25) is 0 Å². The third kappa shape index (κ3) is 4.42. The van der Waals surface area contributed by atoms with Crippen molar-refractivity contribution in [3.63, 3.8) is 0 Å². The summed E-state index contributed by atoms with van der Waals surface area (Å²) in [7, 11) is -1.95. The molecule has 0 radical (unpaired) electrons. The smallest absolute Gasteiger partial charge is 0.254 e.